The van der Waals surface area contributed by atoms with Gasteiger partial charge in [0.05, 0.1) is 25.3 Å². The minimum Gasteiger partial charge on any atom is -0.485 e. The number of thiophene rings is 1. The minimum absolute atomic E-state index is 0.0489. The Morgan fingerprint density at radius 3 is 2.91 bits per heavy atom. The first-order valence-electron chi connectivity index (χ1n) is 7.82. The predicted molar refractivity (Wildman–Crippen MR) is 82.0 cm³/mol. The highest BCUT2D eigenvalue weighted by Crippen LogP contribution is 2.39. The summed E-state index contributed by atoms with van der Waals surface area (Å²) in [5.41, 5.74) is 0. The van der Waals surface area contributed by atoms with Gasteiger partial charge in [0, 0.05) is 5.38 Å². The summed E-state index contributed by atoms with van der Waals surface area (Å²) in [6, 6.07) is 0.340. The van der Waals surface area contributed by atoms with E-state index in [-0.39, 0.29) is 11.9 Å². The second-order valence-corrected chi connectivity index (χ2v) is 6.76. The van der Waals surface area contributed by atoms with E-state index < -0.39 is 0 Å². The third-order valence-corrected chi connectivity index (χ3v) is 5.42. The van der Waals surface area contributed by atoms with Crippen molar-refractivity contribution < 1.29 is 19.0 Å². The highest BCUT2D eigenvalue weighted by molar-refractivity contribution is 7.12. The van der Waals surface area contributed by atoms with Crippen LogP contribution in [0, 0.1) is 0 Å². The van der Waals surface area contributed by atoms with Gasteiger partial charge in [-0.15, -0.1) is 11.3 Å². The van der Waals surface area contributed by atoms with E-state index in [1.165, 1.54) is 24.2 Å². The molecule has 0 bridgehead atoms. The lowest BCUT2D eigenvalue weighted by Crippen LogP contribution is -2.50. The minimum atomic E-state index is -0.0866. The molecule has 4 heterocycles. The number of carbonyl (C=O) groups is 1. The number of nitrogens with one attached hydrogen (secondary N) is 1. The molecule has 2 saturated heterocycles. The lowest BCUT2D eigenvalue weighted by Gasteiger charge is -2.27. The van der Waals surface area contributed by atoms with Gasteiger partial charge in [-0.1, -0.05) is 0 Å². The number of nitrogens with zero attached hydrogens (tertiary/aromatic N) is 1. The van der Waals surface area contributed by atoms with Crippen LogP contribution in [-0.4, -0.2) is 62.4 Å². The quantitative estimate of drug-likeness (QED) is 0.903. The van der Waals surface area contributed by atoms with Crippen LogP contribution >= 0.6 is 11.3 Å². The Kier molecular flexibility index (Phi) is 3.94. The van der Waals surface area contributed by atoms with Gasteiger partial charge in [0.25, 0.3) is 5.91 Å². The van der Waals surface area contributed by atoms with Crippen molar-refractivity contribution >= 4 is 17.2 Å². The fourth-order valence-electron chi connectivity index (χ4n) is 3.37. The Morgan fingerprint density at radius 1 is 1.23 bits per heavy atom. The van der Waals surface area contributed by atoms with Gasteiger partial charge in [-0.05, 0) is 25.9 Å². The van der Waals surface area contributed by atoms with Crippen LogP contribution in [0.5, 0.6) is 11.5 Å². The van der Waals surface area contributed by atoms with Crippen molar-refractivity contribution in [1.29, 1.82) is 0 Å². The molecule has 1 amide bonds. The molecule has 2 fully saturated rings. The lowest BCUT2D eigenvalue weighted by atomic mass is 10.1. The van der Waals surface area contributed by atoms with Gasteiger partial charge in [0.15, 0.2) is 11.5 Å². The number of ether oxygens (including phenoxy) is 3. The number of carbonyl (C=O) groups excluding carboxylic acids is 1. The molecule has 6 nitrogen and oxygen atoms in total. The Morgan fingerprint density at radius 2 is 2.05 bits per heavy atom. The Hall–Kier alpha value is -1.31. The first-order chi connectivity index (χ1) is 10.8. The molecule has 0 radical (unpaired) electrons. The molecule has 0 unspecified atom stereocenters. The molecule has 0 spiro atoms. The van der Waals surface area contributed by atoms with Gasteiger partial charge in [0.2, 0.25) is 0 Å². The molecule has 1 aromatic heterocycles. The maximum atomic E-state index is 12.6. The third kappa shape index (κ3) is 2.57. The van der Waals surface area contributed by atoms with Gasteiger partial charge in [-0.2, -0.15) is 0 Å². The number of rotatable bonds is 3. The summed E-state index contributed by atoms with van der Waals surface area (Å²) in [4.78, 5) is 15.6. The largest absolute Gasteiger partial charge is 0.485 e. The zero-order valence-electron chi connectivity index (χ0n) is 12.4. The molecule has 120 valence electrons. The standard InChI is InChI=1S/C15H20N2O4S/c18-15(14-13-12(9-22-14)20-5-6-21-13)16-10-7-19-8-11(10)17-3-1-2-4-17/h9-11H,1-8H2,(H,16,18)/t10-,11-/m0/s1. The van der Waals surface area contributed by atoms with Crippen LogP contribution in [0.1, 0.15) is 22.5 Å². The van der Waals surface area contributed by atoms with Crippen molar-refractivity contribution in [3.05, 3.63) is 10.3 Å². The molecule has 0 aromatic carbocycles. The maximum absolute atomic E-state index is 12.6. The summed E-state index contributed by atoms with van der Waals surface area (Å²) >= 11 is 1.37. The van der Waals surface area contributed by atoms with Gasteiger partial charge in [0.1, 0.15) is 18.1 Å². The summed E-state index contributed by atoms with van der Waals surface area (Å²) in [6.45, 7) is 4.52. The van der Waals surface area contributed by atoms with Gasteiger partial charge >= 0.3 is 0 Å². The van der Waals surface area contributed by atoms with Gasteiger partial charge < -0.3 is 19.5 Å². The molecule has 0 aliphatic carbocycles. The van der Waals surface area contributed by atoms with Crippen LogP contribution in [0.25, 0.3) is 0 Å². The van der Waals surface area contributed by atoms with Crippen LogP contribution in [0.15, 0.2) is 5.38 Å². The Balaban J connectivity index is 1.46. The number of likely N-dealkylation sites (tertiary alicyclic amines) is 1. The molecule has 3 aliphatic rings. The molecular weight excluding hydrogens is 304 g/mol. The first-order valence-corrected chi connectivity index (χ1v) is 8.70. The average molecular weight is 324 g/mol. The summed E-state index contributed by atoms with van der Waals surface area (Å²) in [5.74, 6) is 1.18. The number of hydrogen-bond donors (Lipinski definition) is 1. The van der Waals surface area contributed by atoms with E-state index in [0.717, 1.165) is 13.1 Å². The molecule has 7 heteroatoms. The summed E-state index contributed by atoms with van der Waals surface area (Å²) in [7, 11) is 0. The second-order valence-electron chi connectivity index (χ2n) is 5.88. The first kappa shape index (κ1) is 14.3. The highest BCUT2D eigenvalue weighted by atomic mass is 32.1. The van der Waals surface area contributed by atoms with Crippen molar-refractivity contribution in [2.24, 2.45) is 0 Å². The van der Waals surface area contributed by atoms with Crippen LogP contribution in [0.4, 0.5) is 0 Å². The maximum Gasteiger partial charge on any atom is 0.265 e. The molecule has 22 heavy (non-hydrogen) atoms. The van der Waals surface area contributed by atoms with Crippen molar-refractivity contribution in [1.82, 2.24) is 10.2 Å². The summed E-state index contributed by atoms with van der Waals surface area (Å²) < 4.78 is 16.7. The van der Waals surface area contributed by atoms with E-state index >= 15 is 0 Å². The Labute approximate surface area is 133 Å². The molecule has 3 aliphatic heterocycles. The SMILES string of the molecule is O=C(N[C@H]1COC[C@@H]1N1CCCC1)c1scc2c1OCCO2. The van der Waals surface area contributed by atoms with E-state index in [1.807, 2.05) is 5.38 Å². The Bertz CT molecular complexity index is 556. The predicted octanol–water partition coefficient (Wildman–Crippen LogP) is 1.11. The van der Waals surface area contributed by atoms with Crippen molar-refractivity contribution in [3.63, 3.8) is 0 Å². The van der Waals surface area contributed by atoms with Crippen LogP contribution in [0.2, 0.25) is 0 Å². The van der Waals surface area contributed by atoms with E-state index in [4.69, 9.17) is 14.2 Å². The van der Waals surface area contributed by atoms with Crippen LogP contribution in [-0.2, 0) is 4.74 Å². The monoisotopic (exact) mass is 324 g/mol. The smallest absolute Gasteiger partial charge is 0.265 e. The molecular formula is C15H20N2O4S. The van der Waals surface area contributed by atoms with E-state index in [1.54, 1.807) is 0 Å². The fourth-order valence-corrected chi connectivity index (χ4v) is 4.20. The lowest BCUT2D eigenvalue weighted by molar-refractivity contribution is 0.0912. The third-order valence-electron chi connectivity index (χ3n) is 4.48. The normalized spacial score (nSPS) is 28.0. The number of hydrogen-bond acceptors (Lipinski definition) is 6. The number of fused-ring (bicyclic) bond motifs is 1. The molecule has 2 atom stereocenters. The average Bonchev–Trinajstić information content (AvgIpc) is 3.27. The summed E-state index contributed by atoms with van der Waals surface area (Å²) in [6.07, 6.45) is 2.47. The molecule has 1 N–H and O–H groups in total. The topological polar surface area (TPSA) is 60.0 Å². The van der Waals surface area contributed by atoms with Crippen LogP contribution < -0.4 is 14.8 Å². The van der Waals surface area contributed by atoms with E-state index in [2.05, 4.69) is 10.2 Å². The zero-order valence-corrected chi connectivity index (χ0v) is 13.2. The van der Waals surface area contributed by atoms with Gasteiger partial charge in [-0.3, -0.25) is 9.69 Å². The summed E-state index contributed by atoms with van der Waals surface area (Å²) in [5, 5.41) is 4.97. The van der Waals surface area contributed by atoms with Crippen molar-refractivity contribution in [3.8, 4) is 11.5 Å². The van der Waals surface area contributed by atoms with Crippen molar-refractivity contribution in [2.75, 3.05) is 39.5 Å². The molecule has 4 rings (SSSR count). The molecule has 1 aromatic rings. The zero-order chi connectivity index (χ0) is 14.9. The number of amides is 1. The fraction of sp³-hybridized carbons (Fsp3) is 0.667. The van der Waals surface area contributed by atoms with Gasteiger partial charge in [-0.25, -0.2) is 0 Å². The second kappa shape index (κ2) is 6.06. The van der Waals surface area contributed by atoms with Crippen LogP contribution in [0.3, 0.4) is 0 Å². The van der Waals surface area contributed by atoms with Crippen molar-refractivity contribution in [2.45, 2.75) is 24.9 Å². The van der Waals surface area contributed by atoms with E-state index in [9.17, 15) is 4.79 Å². The highest BCUT2D eigenvalue weighted by Gasteiger charge is 2.36. The molecule has 0 saturated carbocycles. The van der Waals surface area contributed by atoms with E-state index in [0.29, 0.717) is 48.8 Å².